The van der Waals surface area contributed by atoms with Gasteiger partial charge in [0.25, 0.3) is 0 Å². The molecule has 0 aromatic heterocycles. The molecule has 0 radical (unpaired) electrons. The Bertz CT molecular complexity index is 949. The lowest BCUT2D eigenvalue weighted by Crippen LogP contribution is -2.63. The van der Waals surface area contributed by atoms with Crippen LogP contribution in [0.15, 0.2) is 48.5 Å². The minimum Gasteiger partial charge on any atom is -0.381 e. The molecule has 0 bridgehead atoms. The van der Waals surface area contributed by atoms with Crippen LogP contribution in [0.3, 0.4) is 0 Å². The maximum atomic E-state index is 14.1. The highest BCUT2D eigenvalue weighted by atomic mass is 16.5. The van der Waals surface area contributed by atoms with Crippen molar-refractivity contribution in [1.29, 1.82) is 0 Å². The number of hydrogen-bond acceptors (Lipinski definition) is 4. The molecule has 170 valence electrons. The van der Waals surface area contributed by atoms with Gasteiger partial charge in [0.15, 0.2) is 0 Å². The lowest BCUT2D eigenvalue weighted by atomic mass is 9.72. The quantitative estimate of drug-likeness (QED) is 0.783. The van der Waals surface area contributed by atoms with Crippen LogP contribution < -0.4 is 5.73 Å². The average molecular weight is 436 g/mol. The van der Waals surface area contributed by atoms with E-state index in [1.807, 2.05) is 18.2 Å². The molecule has 2 heterocycles. The highest BCUT2D eigenvalue weighted by molar-refractivity contribution is 5.93. The Morgan fingerprint density at radius 3 is 2.31 bits per heavy atom. The van der Waals surface area contributed by atoms with Gasteiger partial charge in [0.1, 0.15) is 6.04 Å². The van der Waals surface area contributed by atoms with Gasteiger partial charge in [-0.05, 0) is 37.8 Å². The topological polar surface area (TPSA) is 75.9 Å². The number of hydrogen-bond donors (Lipinski definition) is 1. The molecule has 0 spiro atoms. The second kappa shape index (κ2) is 9.43. The number of ether oxygens (including phenoxy) is 1. The summed E-state index contributed by atoms with van der Waals surface area (Å²) < 4.78 is 5.63. The fraction of sp³-hybridized carbons (Fsp3) is 0.462. The third kappa shape index (κ3) is 4.57. The molecular weight excluding hydrogens is 402 g/mol. The molecule has 6 heteroatoms. The van der Waals surface area contributed by atoms with E-state index in [1.165, 1.54) is 5.56 Å². The zero-order chi connectivity index (χ0) is 22.7. The van der Waals surface area contributed by atoms with Crippen LogP contribution in [0.2, 0.25) is 0 Å². The van der Waals surface area contributed by atoms with Gasteiger partial charge in [-0.25, -0.2) is 0 Å². The molecule has 2 aromatic rings. The van der Waals surface area contributed by atoms with E-state index in [-0.39, 0.29) is 5.91 Å². The summed E-state index contributed by atoms with van der Waals surface area (Å²) in [6.45, 7) is 7.58. The molecule has 2 aliphatic rings. The number of benzene rings is 2. The summed E-state index contributed by atoms with van der Waals surface area (Å²) in [4.78, 5) is 30.6. The Hall–Kier alpha value is -2.70. The minimum absolute atomic E-state index is 0.00830. The first kappa shape index (κ1) is 22.5. The van der Waals surface area contributed by atoms with E-state index in [1.54, 1.807) is 4.90 Å². The summed E-state index contributed by atoms with van der Waals surface area (Å²) in [7, 11) is 0. The smallest absolute Gasteiger partial charge is 0.241 e. The van der Waals surface area contributed by atoms with Crippen LogP contribution in [0.1, 0.15) is 35.1 Å². The van der Waals surface area contributed by atoms with Crippen LogP contribution in [0.25, 0.3) is 0 Å². The Morgan fingerprint density at radius 1 is 1.03 bits per heavy atom. The van der Waals surface area contributed by atoms with Crippen LogP contribution >= 0.6 is 0 Å². The maximum absolute atomic E-state index is 14.1. The molecule has 32 heavy (non-hydrogen) atoms. The van der Waals surface area contributed by atoms with Gasteiger partial charge >= 0.3 is 0 Å². The number of aryl methyl sites for hydroxylation is 2. The first-order valence-corrected chi connectivity index (χ1v) is 11.4. The lowest BCUT2D eigenvalue weighted by Gasteiger charge is -2.46. The molecular formula is C26H33N3O3. The normalized spacial score (nSPS) is 21.3. The molecule has 2 fully saturated rings. The summed E-state index contributed by atoms with van der Waals surface area (Å²) in [6, 6.07) is 15.9. The summed E-state index contributed by atoms with van der Waals surface area (Å²) in [5.74, 6) is -0.437. The first-order valence-electron chi connectivity index (χ1n) is 11.4. The third-order valence-electron chi connectivity index (χ3n) is 6.83. The number of carbonyl (C=O) groups excluding carboxylic acids is 2. The summed E-state index contributed by atoms with van der Waals surface area (Å²) in [6.07, 6.45) is 1.23. The SMILES string of the molecule is Cc1cc(C)cc(C2(C(=O)N3CCN(Cc4ccccc4)CC3C(N)=O)CCOCC2)c1. The third-order valence-corrected chi connectivity index (χ3v) is 6.83. The number of rotatable bonds is 5. The van der Waals surface area contributed by atoms with Crippen LogP contribution in [0.4, 0.5) is 0 Å². The number of nitrogens with zero attached hydrogens (tertiary/aromatic N) is 2. The second-order valence-corrected chi connectivity index (χ2v) is 9.21. The van der Waals surface area contributed by atoms with E-state index in [0.717, 1.165) is 23.2 Å². The fourth-order valence-corrected chi connectivity index (χ4v) is 5.18. The molecule has 0 saturated carbocycles. The second-order valence-electron chi connectivity index (χ2n) is 9.21. The van der Waals surface area contributed by atoms with E-state index in [0.29, 0.717) is 45.7 Å². The molecule has 0 aliphatic carbocycles. The van der Waals surface area contributed by atoms with Gasteiger partial charge in [-0.1, -0.05) is 59.7 Å². The summed E-state index contributed by atoms with van der Waals surface area (Å²) in [5.41, 5.74) is 9.64. The molecule has 2 aliphatic heterocycles. The van der Waals surface area contributed by atoms with Crippen molar-refractivity contribution in [1.82, 2.24) is 9.80 Å². The van der Waals surface area contributed by atoms with Gasteiger partial charge in [-0.15, -0.1) is 0 Å². The van der Waals surface area contributed by atoms with E-state index in [4.69, 9.17) is 10.5 Å². The molecule has 2 N–H and O–H groups in total. The van der Waals surface area contributed by atoms with Crippen LogP contribution in [0.5, 0.6) is 0 Å². The number of nitrogens with two attached hydrogens (primary N) is 1. The van der Waals surface area contributed by atoms with Crippen molar-refractivity contribution in [2.24, 2.45) is 5.73 Å². The van der Waals surface area contributed by atoms with Gasteiger partial charge in [-0.3, -0.25) is 14.5 Å². The Labute approximate surface area is 190 Å². The molecule has 1 atom stereocenters. The number of piperazine rings is 1. The van der Waals surface area contributed by atoms with Gasteiger partial charge < -0.3 is 15.4 Å². The Morgan fingerprint density at radius 2 is 1.69 bits per heavy atom. The van der Waals surface area contributed by atoms with Crippen molar-refractivity contribution in [3.63, 3.8) is 0 Å². The lowest BCUT2D eigenvalue weighted by molar-refractivity contribution is -0.151. The highest BCUT2D eigenvalue weighted by Crippen LogP contribution is 2.38. The molecule has 4 rings (SSSR count). The van der Waals surface area contributed by atoms with E-state index in [2.05, 4.69) is 49.1 Å². The van der Waals surface area contributed by atoms with Crippen molar-refractivity contribution in [2.45, 2.75) is 44.7 Å². The maximum Gasteiger partial charge on any atom is 0.241 e. The monoisotopic (exact) mass is 435 g/mol. The number of carbonyl (C=O) groups is 2. The zero-order valence-corrected chi connectivity index (χ0v) is 19.0. The summed E-state index contributed by atoms with van der Waals surface area (Å²) in [5, 5.41) is 0. The van der Waals surface area contributed by atoms with Crippen molar-refractivity contribution < 1.29 is 14.3 Å². The van der Waals surface area contributed by atoms with Crippen LogP contribution in [-0.2, 0) is 26.3 Å². The van der Waals surface area contributed by atoms with Crippen molar-refractivity contribution in [3.8, 4) is 0 Å². The molecule has 1 unspecified atom stereocenters. The van der Waals surface area contributed by atoms with E-state index in [9.17, 15) is 9.59 Å². The van der Waals surface area contributed by atoms with Crippen LogP contribution in [-0.4, -0.2) is 60.5 Å². The molecule has 6 nitrogen and oxygen atoms in total. The van der Waals surface area contributed by atoms with Crippen LogP contribution in [0, 0.1) is 13.8 Å². The molecule has 2 aromatic carbocycles. The molecule has 2 amide bonds. The van der Waals surface area contributed by atoms with E-state index >= 15 is 0 Å². The average Bonchev–Trinajstić information content (AvgIpc) is 2.79. The van der Waals surface area contributed by atoms with Gasteiger partial charge in [0, 0.05) is 39.4 Å². The fourth-order valence-electron chi connectivity index (χ4n) is 5.18. The number of amides is 2. The number of primary amides is 1. The first-order chi connectivity index (χ1) is 15.4. The van der Waals surface area contributed by atoms with Crippen molar-refractivity contribution in [2.75, 3.05) is 32.8 Å². The van der Waals surface area contributed by atoms with Crippen molar-refractivity contribution in [3.05, 3.63) is 70.8 Å². The zero-order valence-electron chi connectivity index (χ0n) is 19.0. The molecule has 2 saturated heterocycles. The minimum atomic E-state index is -0.676. The van der Waals surface area contributed by atoms with Crippen molar-refractivity contribution >= 4 is 11.8 Å². The van der Waals surface area contributed by atoms with Gasteiger partial charge in [0.2, 0.25) is 11.8 Å². The predicted octanol–water partition coefficient (Wildman–Crippen LogP) is 2.55. The van der Waals surface area contributed by atoms with Gasteiger partial charge in [0.05, 0.1) is 5.41 Å². The Kier molecular flexibility index (Phi) is 6.63. The highest BCUT2D eigenvalue weighted by Gasteiger charge is 2.47. The van der Waals surface area contributed by atoms with E-state index < -0.39 is 17.4 Å². The largest absolute Gasteiger partial charge is 0.381 e. The predicted molar refractivity (Wildman–Crippen MR) is 124 cm³/mol. The Balaban J connectivity index is 1.61. The standard InChI is InChI=1S/C26H33N3O3/c1-19-14-20(2)16-22(15-19)26(8-12-32-13-9-26)25(31)29-11-10-28(18-23(29)24(27)30)17-21-6-4-3-5-7-21/h3-7,14-16,23H,8-13,17-18H2,1-2H3,(H2,27,30). The van der Waals surface area contributed by atoms with Gasteiger partial charge in [-0.2, -0.15) is 0 Å². The summed E-state index contributed by atoms with van der Waals surface area (Å²) >= 11 is 0.